The van der Waals surface area contributed by atoms with Crippen molar-refractivity contribution in [2.45, 2.75) is 50.2 Å². The van der Waals surface area contributed by atoms with E-state index in [4.69, 9.17) is 16.2 Å². The van der Waals surface area contributed by atoms with Crippen LogP contribution in [0.1, 0.15) is 32.6 Å². The summed E-state index contributed by atoms with van der Waals surface area (Å²) >= 11 is 0. The van der Waals surface area contributed by atoms with Crippen molar-refractivity contribution in [2.24, 2.45) is 11.5 Å². The Bertz CT molecular complexity index is 297. The molecule has 5 heteroatoms. The highest BCUT2D eigenvalue weighted by atomic mass is 16.5. The highest BCUT2D eigenvalue weighted by Crippen LogP contribution is 2.33. The van der Waals surface area contributed by atoms with E-state index < -0.39 is 5.54 Å². The zero-order chi connectivity index (χ0) is 12.5. The van der Waals surface area contributed by atoms with Crippen molar-refractivity contribution in [1.29, 1.82) is 0 Å². The Labute approximate surface area is 102 Å². The number of carbonyl (C=O) groups is 1. The summed E-state index contributed by atoms with van der Waals surface area (Å²) < 4.78 is 5.50. The highest BCUT2D eigenvalue weighted by Gasteiger charge is 2.44. The molecule has 0 aromatic rings. The Morgan fingerprint density at radius 2 is 2.35 bits per heavy atom. The van der Waals surface area contributed by atoms with Gasteiger partial charge in [0.2, 0.25) is 5.91 Å². The Balaban J connectivity index is 2.01. The Morgan fingerprint density at radius 1 is 1.59 bits per heavy atom. The molecule has 98 valence electrons. The van der Waals surface area contributed by atoms with Gasteiger partial charge in [-0.15, -0.1) is 0 Å². The van der Waals surface area contributed by atoms with E-state index in [-0.39, 0.29) is 5.91 Å². The maximum absolute atomic E-state index is 11.4. The first-order chi connectivity index (χ1) is 8.07. The fourth-order valence-electron chi connectivity index (χ4n) is 3.06. The third kappa shape index (κ3) is 2.46. The van der Waals surface area contributed by atoms with Crippen LogP contribution in [-0.2, 0) is 9.53 Å². The van der Waals surface area contributed by atoms with Gasteiger partial charge in [-0.2, -0.15) is 0 Å². The lowest BCUT2D eigenvalue weighted by molar-refractivity contribution is -0.123. The third-order valence-electron chi connectivity index (χ3n) is 4.23. The summed E-state index contributed by atoms with van der Waals surface area (Å²) in [6.45, 7) is 4.69. The van der Waals surface area contributed by atoms with Gasteiger partial charge in [-0.1, -0.05) is 6.92 Å². The molecular formula is C12H23N3O2. The summed E-state index contributed by atoms with van der Waals surface area (Å²) in [5, 5.41) is 0. The minimum Gasteiger partial charge on any atom is -0.378 e. The Hall–Kier alpha value is -0.650. The average Bonchev–Trinajstić information content (AvgIpc) is 2.73. The summed E-state index contributed by atoms with van der Waals surface area (Å²) in [6.07, 6.45) is 3.44. The van der Waals surface area contributed by atoms with E-state index in [1.54, 1.807) is 0 Å². The van der Waals surface area contributed by atoms with Crippen molar-refractivity contribution in [3.8, 4) is 0 Å². The summed E-state index contributed by atoms with van der Waals surface area (Å²) in [5.74, 6) is -0.360. The molecule has 1 aliphatic carbocycles. The van der Waals surface area contributed by atoms with Crippen LogP contribution in [0.15, 0.2) is 0 Å². The van der Waals surface area contributed by atoms with Gasteiger partial charge in [0.05, 0.1) is 18.8 Å². The molecule has 1 heterocycles. The molecule has 1 aliphatic heterocycles. The van der Waals surface area contributed by atoms with Crippen LogP contribution in [0.2, 0.25) is 0 Å². The summed E-state index contributed by atoms with van der Waals surface area (Å²) in [4.78, 5) is 13.8. The van der Waals surface area contributed by atoms with Gasteiger partial charge >= 0.3 is 0 Å². The standard InChI is InChI=1S/C12H23N3O2/c1-2-9-8-17-6-5-15(9)10-3-4-12(14,7-10)11(13)16/h9-10H,2-8,14H2,1H3,(H2,13,16). The molecular weight excluding hydrogens is 218 g/mol. The number of hydrogen-bond donors (Lipinski definition) is 2. The topological polar surface area (TPSA) is 81.6 Å². The van der Waals surface area contributed by atoms with Crippen LogP contribution in [0.5, 0.6) is 0 Å². The molecule has 5 nitrogen and oxygen atoms in total. The predicted molar refractivity (Wildman–Crippen MR) is 65.4 cm³/mol. The van der Waals surface area contributed by atoms with Crippen LogP contribution >= 0.6 is 0 Å². The Morgan fingerprint density at radius 3 is 2.94 bits per heavy atom. The zero-order valence-electron chi connectivity index (χ0n) is 10.5. The van der Waals surface area contributed by atoms with E-state index in [0.717, 1.165) is 32.6 Å². The van der Waals surface area contributed by atoms with Gasteiger partial charge in [-0.25, -0.2) is 0 Å². The lowest BCUT2D eigenvalue weighted by atomic mass is 9.97. The van der Waals surface area contributed by atoms with Gasteiger partial charge in [0.1, 0.15) is 0 Å². The second-order valence-corrected chi connectivity index (χ2v) is 5.29. The van der Waals surface area contributed by atoms with E-state index >= 15 is 0 Å². The van der Waals surface area contributed by atoms with Crippen molar-refractivity contribution in [1.82, 2.24) is 4.90 Å². The van der Waals surface area contributed by atoms with Gasteiger partial charge in [-0.3, -0.25) is 9.69 Å². The molecule has 0 bridgehead atoms. The maximum atomic E-state index is 11.4. The second-order valence-electron chi connectivity index (χ2n) is 5.29. The van der Waals surface area contributed by atoms with Crippen LogP contribution < -0.4 is 11.5 Å². The minimum atomic E-state index is -0.790. The molecule has 0 radical (unpaired) electrons. The number of primary amides is 1. The van der Waals surface area contributed by atoms with E-state index in [2.05, 4.69) is 11.8 Å². The third-order valence-corrected chi connectivity index (χ3v) is 4.23. The highest BCUT2D eigenvalue weighted by molar-refractivity contribution is 5.84. The SMILES string of the molecule is CCC1COCCN1C1CCC(N)(C(N)=O)C1. The smallest absolute Gasteiger partial charge is 0.237 e. The van der Waals surface area contributed by atoms with Gasteiger partial charge < -0.3 is 16.2 Å². The fraction of sp³-hybridized carbons (Fsp3) is 0.917. The molecule has 0 aromatic carbocycles. The van der Waals surface area contributed by atoms with E-state index in [1.165, 1.54) is 0 Å². The summed E-state index contributed by atoms with van der Waals surface area (Å²) in [6, 6.07) is 0.852. The number of nitrogens with two attached hydrogens (primary N) is 2. The summed E-state index contributed by atoms with van der Waals surface area (Å²) in [7, 11) is 0. The number of rotatable bonds is 3. The van der Waals surface area contributed by atoms with E-state index in [9.17, 15) is 4.79 Å². The molecule has 0 spiro atoms. The monoisotopic (exact) mass is 241 g/mol. The fourth-order valence-corrected chi connectivity index (χ4v) is 3.06. The van der Waals surface area contributed by atoms with E-state index in [0.29, 0.717) is 24.9 Å². The number of carbonyl (C=O) groups excluding carboxylic acids is 1. The number of hydrogen-bond acceptors (Lipinski definition) is 4. The van der Waals surface area contributed by atoms with Crippen LogP contribution in [0.3, 0.4) is 0 Å². The van der Waals surface area contributed by atoms with Crippen LogP contribution in [0.4, 0.5) is 0 Å². The number of ether oxygens (including phenoxy) is 1. The second kappa shape index (κ2) is 4.92. The molecule has 0 aromatic heterocycles. The van der Waals surface area contributed by atoms with E-state index in [1.807, 2.05) is 0 Å². The van der Waals surface area contributed by atoms with Crippen LogP contribution in [-0.4, -0.2) is 48.2 Å². The molecule has 1 amide bonds. The van der Waals surface area contributed by atoms with Crippen molar-refractivity contribution in [3.05, 3.63) is 0 Å². The quantitative estimate of drug-likeness (QED) is 0.719. The molecule has 4 N–H and O–H groups in total. The number of morpholine rings is 1. The lowest BCUT2D eigenvalue weighted by Gasteiger charge is -2.39. The summed E-state index contributed by atoms with van der Waals surface area (Å²) in [5.41, 5.74) is 10.6. The maximum Gasteiger partial charge on any atom is 0.237 e. The number of nitrogens with zero attached hydrogens (tertiary/aromatic N) is 1. The zero-order valence-corrected chi connectivity index (χ0v) is 10.5. The molecule has 3 unspecified atom stereocenters. The normalized spacial score (nSPS) is 39.4. The predicted octanol–water partition coefficient (Wildman–Crippen LogP) is -0.167. The molecule has 3 atom stereocenters. The van der Waals surface area contributed by atoms with Gasteiger partial charge in [-0.05, 0) is 25.7 Å². The molecule has 2 fully saturated rings. The van der Waals surface area contributed by atoms with Crippen LogP contribution in [0, 0.1) is 0 Å². The number of amides is 1. The largest absolute Gasteiger partial charge is 0.378 e. The molecule has 1 saturated heterocycles. The molecule has 2 aliphatic rings. The first-order valence-corrected chi connectivity index (χ1v) is 6.49. The Kier molecular flexibility index (Phi) is 3.70. The van der Waals surface area contributed by atoms with Crippen molar-refractivity contribution < 1.29 is 9.53 Å². The molecule has 17 heavy (non-hydrogen) atoms. The van der Waals surface area contributed by atoms with Crippen molar-refractivity contribution in [2.75, 3.05) is 19.8 Å². The van der Waals surface area contributed by atoms with Gasteiger partial charge in [0.15, 0.2) is 0 Å². The first-order valence-electron chi connectivity index (χ1n) is 6.49. The van der Waals surface area contributed by atoms with Crippen molar-refractivity contribution in [3.63, 3.8) is 0 Å². The molecule has 1 saturated carbocycles. The van der Waals surface area contributed by atoms with Gasteiger partial charge in [0.25, 0.3) is 0 Å². The molecule has 2 rings (SSSR count). The first kappa shape index (κ1) is 12.8. The average molecular weight is 241 g/mol. The van der Waals surface area contributed by atoms with Gasteiger partial charge in [0, 0.05) is 18.6 Å². The van der Waals surface area contributed by atoms with Crippen LogP contribution in [0.25, 0.3) is 0 Å². The van der Waals surface area contributed by atoms with Crippen molar-refractivity contribution >= 4 is 5.91 Å². The minimum absolute atomic E-state index is 0.360. The lowest BCUT2D eigenvalue weighted by Crippen LogP contribution is -2.54.